The Labute approximate surface area is 171 Å². The van der Waals surface area contributed by atoms with Crippen LogP contribution >= 0.6 is 0 Å². The van der Waals surface area contributed by atoms with Crippen LogP contribution in [-0.4, -0.2) is 35.9 Å². The highest BCUT2D eigenvalue weighted by Gasteiger charge is 2.38. The van der Waals surface area contributed by atoms with Gasteiger partial charge in [-0.2, -0.15) is 0 Å². The van der Waals surface area contributed by atoms with E-state index in [1.807, 2.05) is 12.1 Å². The fraction of sp³-hybridized carbons (Fsp3) is 0.333. The SMILES string of the molecule is C=CCC1c2c(ccc(OC)c2OC)C(CC)=C2c3cc(O)c(O)cc3CCN21. The molecule has 5 nitrogen and oxygen atoms in total. The van der Waals surface area contributed by atoms with Gasteiger partial charge >= 0.3 is 0 Å². The summed E-state index contributed by atoms with van der Waals surface area (Å²) < 4.78 is 11.4. The van der Waals surface area contributed by atoms with Crippen molar-refractivity contribution in [2.24, 2.45) is 0 Å². The first kappa shape index (κ1) is 19.2. The first-order valence-corrected chi connectivity index (χ1v) is 9.96. The van der Waals surface area contributed by atoms with Gasteiger partial charge in [-0.05, 0) is 54.2 Å². The predicted octanol–water partition coefficient (Wildman–Crippen LogP) is 4.88. The lowest BCUT2D eigenvalue weighted by atomic mass is 9.80. The molecule has 0 saturated carbocycles. The van der Waals surface area contributed by atoms with Crippen molar-refractivity contribution in [1.29, 1.82) is 0 Å². The molecule has 0 saturated heterocycles. The van der Waals surface area contributed by atoms with Crippen molar-refractivity contribution in [3.63, 3.8) is 0 Å². The number of ether oxygens (including phenoxy) is 2. The minimum absolute atomic E-state index is 0.0574. The second-order valence-corrected chi connectivity index (χ2v) is 7.42. The summed E-state index contributed by atoms with van der Waals surface area (Å²) in [5, 5.41) is 20.2. The molecule has 152 valence electrons. The second-order valence-electron chi connectivity index (χ2n) is 7.42. The van der Waals surface area contributed by atoms with Gasteiger partial charge in [-0.1, -0.05) is 19.1 Å². The molecule has 2 aromatic carbocycles. The van der Waals surface area contributed by atoms with Crippen molar-refractivity contribution < 1.29 is 19.7 Å². The number of aromatic hydroxyl groups is 2. The fourth-order valence-electron chi connectivity index (χ4n) is 4.79. The number of methoxy groups -OCH3 is 2. The van der Waals surface area contributed by atoms with Gasteiger partial charge in [-0.3, -0.25) is 0 Å². The van der Waals surface area contributed by atoms with Gasteiger partial charge in [0.1, 0.15) is 0 Å². The van der Waals surface area contributed by atoms with Gasteiger partial charge in [0, 0.05) is 23.4 Å². The molecule has 5 heteroatoms. The number of phenols is 2. The minimum atomic E-state index is -0.0908. The number of hydrogen-bond acceptors (Lipinski definition) is 5. The summed E-state index contributed by atoms with van der Waals surface area (Å²) in [5.41, 5.74) is 6.63. The maximum absolute atomic E-state index is 10.2. The Morgan fingerprint density at radius 2 is 1.90 bits per heavy atom. The number of hydrogen-bond donors (Lipinski definition) is 2. The normalized spacial score (nSPS) is 17.3. The van der Waals surface area contributed by atoms with Crippen molar-refractivity contribution >= 4 is 11.3 Å². The van der Waals surface area contributed by atoms with Gasteiger partial charge in [0.15, 0.2) is 23.0 Å². The summed E-state index contributed by atoms with van der Waals surface area (Å²) in [7, 11) is 3.34. The molecule has 0 aromatic heterocycles. The molecule has 29 heavy (non-hydrogen) atoms. The van der Waals surface area contributed by atoms with Crippen LogP contribution < -0.4 is 9.47 Å². The van der Waals surface area contributed by atoms with Crippen LogP contribution in [0.4, 0.5) is 0 Å². The average molecular weight is 393 g/mol. The van der Waals surface area contributed by atoms with Gasteiger partial charge in [0.2, 0.25) is 0 Å². The molecule has 1 atom stereocenters. The summed E-state index contributed by atoms with van der Waals surface area (Å²) >= 11 is 0. The monoisotopic (exact) mass is 393 g/mol. The summed E-state index contributed by atoms with van der Waals surface area (Å²) in [5.74, 6) is 1.33. The molecule has 0 fully saturated rings. The lowest BCUT2D eigenvalue weighted by Crippen LogP contribution is -2.37. The zero-order chi connectivity index (χ0) is 20.7. The molecule has 4 rings (SSSR count). The van der Waals surface area contributed by atoms with E-state index < -0.39 is 0 Å². The molecule has 2 N–H and O–H groups in total. The van der Waals surface area contributed by atoms with Crippen molar-refractivity contribution in [3.8, 4) is 23.0 Å². The zero-order valence-corrected chi connectivity index (χ0v) is 17.2. The van der Waals surface area contributed by atoms with E-state index in [9.17, 15) is 10.2 Å². The zero-order valence-electron chi connectivity index (χ0n) is 17.2. The van der Waals surface area contributed by atoms with Crippen molar-refractivity contribution in [2.75, 3.05) is 20.8 Å². The third kappa shape index (κ3) is 2.84. The topological polar surface area (TPSA) is 62.2 Å². The molecule has 0 spiro atoms. The second kappa shape index (κ2) is 7.39. The molecular weight excluding hydrogens is 366 g/mol. The number of allylic oxidation sites excluding steroid dienone is 1. The van der Waals surface area contributed by atoms with Crippen LogP contribution in [0.2, 0.25) is 0 Å². The van der Waals surface area contributed by atoms with E-state index >= 15 is 0 Å². The molecule has 2 heterocycles. The largest absolute Gasteiger partial charge is 0.504 e. The number of fused-ring (bicyclic) bond motifs is 4. The summed E-state index contributed by atoms with van der Waals surface area (Å²) in [6, 6.07) is 7.49. The van der Waals surface area contributed by atoms with E-state index in [1.54, 1.807) is 26.4 Å². The highest BCUT2D eigenvalue weighted by molar-refractivity contribution is 5.95. The molecule has 0 aliphatic carbocycles. The van der Waals surface area contributed by atoms with E-state index in [2.05, 4.69) is 24.5 Å². The number of phenolic OH excluding ortho intramolecular Hbond substituents is 2. The van der Waals surface area contributed by atoms with Crippen LogP contribution in [0.1, 0.15) is 48.1 Å². The number of rotatable bonds is 5. The smallest absolute Gasteiger partial charge is 0.166 e. The Bertz CT molecular complexity index is 1010. The Balaban J connectivity index is 2.06. The highest BCUT2D eigenvalue weighted by atomic mass is 16.5. The first-order chi connectivity index (χ1) is 14.0. The Morgan fingerprint density at radius 1 is 1.14 bits per heavy atom. The van der Waals surface area contributed by atoms with Crippen molar-refractivity contribution in [2.45, 2.75) is 32.2 Å². The molecule has 2 aliphatic heterocycles. The van der Waals surface area contributed by atoms with Crippen LogP contribution in [0.3, 0.4) is 0 Å². The van der Waals surface area contributed by atoms with E-state index in [4.69, 9.17) is 9.47 Å². The van der Waals surface area contributed by atoms with Crippen LogP contribution in [0.25, 0.3) is 11.3 Å². The lowest BCUT2D eigenvalue weighted by Gasteiger charge is -2.45. The molecular formula is C24H27NO4. The molecule has 0 bridgehead atoms. The standard InChI is InChI=1S/C24H27NO4/c1-5-7-18-22-16(8-9-21(28-3)24(22)29-4)15(6-2)23-17-13-20(27)19(26)12-14(17)10-11-25(18)23/h5,8-9,12-13,18,26-27H,1,6-7,10-11H2,2-4H3. The summed E-state index contributed by atoms with van der Waals surface area (Å²) in [4.78, 5) is 2.39. The van der Waals surface area contributed by atoms with Gasteiger partial charge < -0.3 is 24.6 Å². The van der Waals surface area contributed by atoms with Gasteiger partial charge in [0.05, 0.1) is 20.3 Å². The third-order valence-corrected chi connectivity index (χ3v) is 6.01. The van der Waals surface area contributed by atoms with Gasteiger partial charge in [0.25, 0.3) is 0 Å². The van der Waals surface area contributed by atoms with Crippen molar-refractivity contribution in [3.05, 3.63) is 59.2 Å². The molecule has 2 aromatic rings. The molecule has 2 aliphatic rings. The molecule has 1 unspecified atom stereocenters. The van der Waals surface area contributed by atoms with E-state index in [0.717, 1.165) is 65.3 Å². The minimum Gasteiger partial charge on any atom is -0.504 e. The van der Waals surface area contributed by atoms with E-state index in [-0.39, 0.29) is 17.5 Å². The first-order valence-electron chi connectivity index (χ1n) is 9.96. The fourth-order valence-corrected chi connectivity index (χ4v) is 4.79. The van der Waals surface area contributed by atoms with Crippen LogP contribution in [0, 0.1) is 0 Å². The van der Waals surface area contributed by atoms with Crippen LogP contribution in [0.15, 0.2) is 36.9 Å². The van der Waals surface area contributed by atoms with Crippen molar-refractivity contribution in [1.82, 2.24) is 4.90 Å². The summed E-state index contributed by atoms with van der Waals surface area (Å²) in [6.45, 7) is 6.94. The van der Waals surface area contributed by atoms with E-state index in [1.165, 1.54) is 5.57 Å². The highest BCUT2D eigenvalue weighted by Crippen LogP contribution is 2.53. The Kier molecular flexibility index (Phi) is 4.91. The predicted molar refractivity (Wildman–Crippen MR) is 114 cm³/mol. The molecule has 0 radical (unpaired) electrons. The molecule has 0 amide bonds. The lowest BCUT2D eigenvalue weighted by molar-refractivity contribution is 0.275. The van der Waals surface area contributed by atoms with Crippen LogP contribution in [0.5, 0.6) is 23.0 Å². The number of benzene rings is 2. The maximum atomic E-state index is 10.2. The number of nitrogens with zero attached hydrogens (tertiary/aromatic N) is 1. The maximum Gasteiger partial charge on any atom is 0.166 e. The Hall–Kier alpha value is -3.08. The van der Waals surface area contributed by atoms with Gasteiger partial charge in [-0.15, -0.1) is 6.58 Å². The average Bonchev–Trinajstić information content (AvgIpc) is 2.73. The third-order valence-electron chi connectivity index (χ3n) is 6.01. The summed E-state index contributed by atoms with van der Waals surface area (Å²) in [6.07, 6.45) is 4.32. The van der Waals surface area contributed by atoms with E-state index in [0.29, 0.717) is 0 Å². The van der Waals surface area contributed by atoms with Crippen LogP contribution in [-0.2, 0) is 6.42 Å². The Morgan fingerprint density at radius 3 is 2.55 bits per heavy atom. The van der Waals surface area contributed by atoms with Gasteiger partial charge in [-0.25, -0.2) is 0 Å². The quantitative estimate of drug-likeness (QED) is 0.560.